The predicted octanol–water partition coefficient (Wildman–Crippen LogP) is 4.29. The summed E-state index contributed by atoms with van der Waals surface area (Å²) < 4.78 is 0. The number of rotatable bonds is 4. The van der Waals surface area contributed by atoms with Gasteiger partial charge in [0.25, 0.3) is 0 Å². The summed E-state index contributed by atoms with van der Waals surface area (Å²) in [6, 6.07) is 4.42. The highest BCUT2D eigenvalue weighted by molar-refractivity contribution is 5.82. The van der Waals surface area contributed by atoms with Gasteiger partial charge in [-0.3, -0.25) is 4.79 Å². The molecule has 1 rings (SSSR count). The van der Waals surface area contributed by atoms with Gasteiger partial charge in [0, 0.05) is 12.8 Å². The molecule has 0 bridgehead atoms. The Labute approximate surface area is 111 Å². The van der Waals surface area contributed by atoms with Crippen molar-refractivity contribution in [3.05, 3.63) is 47.0 Å². The lowest BCUT2D eigenvalue weighted by Gasteiger charge is -2.22. The zero-order chi connectivity index (χ0) is 13.9. The molecule has 0 saturated heterocycles. The van der Waals surface area contributed by atoms with Gasteiger partial charge in [-0.05, 0) is 41.5 Å². The Morgan fingerprint density at radius 2 is 1.72 bits per heavy atom. The van der Waals surface area contributed by atoms with Crippen molar-refractivity contribution in [2.45, 2.75) is 52.9 Å². The fourth-order valence-corrected chi connectivity index (χ4v) is 2.14. The van der Waals surface area contributed by atoms with Crippen molar-refractivity contribution in [2.24, 2.45) is 0 Å². The third-order valence-electron chi connectivity index (χ3n) is 3.31. The summed E-state index contributed by atoms with van der Waals surface area (Å²) in [4.78, 5) is 11.7. The maximum atomic E-state index is 11.7. The van der Waals surface area contributed by atoms with Crippen LogP contribution in [-0.2, 0) is 16.6 Å². The minimum Gasteiger partial charge on any atom is -0.299 e. The largest absolute Gasteiger partial charge is 0.299 e. The van der Waals surface area contributed by atoms with Crippen molar-refractivity contribution in [2.75, 3.05) is 0 Å². The van der Waals surface area contributed by atoms with Crippen LogP contribution in [0.1, 0.15) is 49.4 Å². The number of benzene rings is 1. The van der Waals surface area contributed by atoms with E-state index in [1.807, 2.05) is 0 Å². The number of aryl methyl sites for hydroxylation is 2. The first-order chi connectivity index (χ1) is 8.25. The number of Topliss-reactive ketones (excluding diaryl/α,β-unsaturated/α-hetero) is 1. The third-order valence-corrected chi connectivity index (χ3v) is 3.31. The van der Waals surface area contributed by atoms with Crippen LogP contribution >= 0.6 is 0 Å². The number of carbonyl (C=O) groups excluding carboxylic acids is 1. The van der Waals surface area contributed by atoms with Crippen LogP contribution in [0.2, 0.25) is 0 Å². The van der Waals surface area contributed by atoms with E-state index in [9.17, 15) is 4.79 Å². The van der Waals surface area contributed by atoms with E-state index in [4.69, 9.17) is 0 Å². The molecule has 0 atom stereocenters. The van der Waals surface area contributed by atoms with E-state index >= 15 is 0 Å². The fraction of sp³-hybridized carbons (Fsp3) is 0.471. The molecule has 0 saturated carbocycles. The van der Waals surface area contributed by atoms with Gasteiger partial charge in [-0.25, -0.2) is 0 Å². The smallest absolute Gasteiger partial charge is 0.141 e. The van der Waals surface area contributed by atoms with Crippen LogP contribution in [0.15, 0.2) is 24.8 Å². The van der Waals surface area contributed by atoms with Crippen molar-refractivity contribution < 1.29 is 4.79 Å². The van der Waals surface area contributed by atoms with E-state index in [1.165, 1.54) is 22.3 Å². The second-order valence-electron chi connectivity index (χ2n) is 6.05. The Balaban J connectivity index is 3.09. The van der Waals surface area contributed by atoms with Crippen LogP contribution in [0, 0.1) is 13.8 Å². The molecule has 0 radical (unpaired) electrons. The van der Waals surface area contributed by atoms with Gasteiger partial charge >= 0.3 is 0 Å². The summed E-state index contributed by atoms with van der Waals surface area (Å²) in [5, 5.41) is 0. The molecular weight excluding hydrogens is 220 g/mol. The van der Waals surface area contributed by atoms with Crippen LogP contribution in [0.4, 0.5) is 0 Å². The van der Waals surface area contributed by atoms with Crippen LogP contribution in [-0.4, -0.2) is 5.78 Å². The van der Waals surface area contributed by atoms with Crippen LogP contribution in [0.5, 0.6) is 0 Å². The number of allylic oxidation sites excluding steroid dienone is 1. The first-order valence-electron chi connectivity index (χ1n) is 6.49. The zero-order valence-corrected chi connectivity index (χ0v) is 12.3. The first-order valence-corrected chi connectivity index (χ1v) is 6.49. The summed E-state index contributed by atoms with van der Waals surface area (Å²) in [7, 11) is 0. The Bertz CT molecular complexity index is 438. The molecule has 18 heavy (non-hydrogen) atoms. The number of carbonyl (C=O) groups is 1. The maximum Gasteiger partial charge on any atom is 0.141 e. The SMILES string of the molecule is C=CCC(=O)Cc1c(C)cc(C(C)(C)C)cc1C. The van der Waals surface area contributed by atoms with E-state index < -0.39 is 0 Å². The molecule has 0 aliphatic carbocycles. The molecule has 0 aliphatic heterocycles. The molecule has 1 heteroatoms. The quantitative estimate of drug-likeness (QED) is 0.722. The van der Waals surface area contributed by atoms with Crippen molar-refractivity contribution in [1.29, 1.82) is 0 Å². The predicted molar refractivity (Wildman–Crippen MR) is 78.1 cm³/mol. The van der Waals surface area contributed by atoms with E-state index in [-0.39, 0.29) is 11.2 Å². The van der Waals surface area contributed by atoms with Crippen LogP contribution in [0.25, 0.3) is 0 Å². The van der Waals surface area contributed by atoms with Crippen LogP contribution in [0.3, 0.4) is 0 Å². The maximum absolute atomic E-state index is 11.7. The van der Waals surface area contributed by atoms with Gasteiger partial charge in [0.1, 0.15) is 5.78 Å². The van der Waals surface area contributed by atoms with Gasteiger partial charge in [0.05, 0.1) is 0 Å². The van der Waals surface area contributed by atoms with Crippen molar-refractivity contribution in [3.8, 4) is 0 Å². The highest BCUT2D eigenvalue weighted by Crippen LogP contribution is 2.27. The highest BCUT2D eigenvalue weighted by atomic mass is 16.1. The molecule has 98 valence electrons. The Hall–Kier alpha value is -1.37. The first kappa shape index (κ1) is 14.7. The highest BCUT2D eigenvalue weighted by Gasteiger charge is 2.17. The number of hydrogen-bond acceptors (Lipinski definition) is 1. The number of ketones is 1. The topological polar surface area (TPSA) is 17.1 Å². The van der Waals surface area contributed by atoms with Crippen LogP contribution < -0.4 is 0 Å². The lowest BCUT2D eigenvalue weighted by Crippen LogP contribution is -2.13. The van der Waals surface area contributed by atoms with Crippen molar-refractivity contribution in [3.63, 3.8) is 0 Å². The summed E-state index contributed by atoms with van der Waals surface area (Å²) >= 11 is 0. The molecule has 0 fully saturated rings. The van der Waals surface area contributed by atoms with E-state index in [0.29, 0.717) is 12.8 Å². The van der Waals surface area contributed by atoms with E-state index in [1.54, 1.807) is 6.08 Å². The molecule has 0 aliphatic rings. The molecular formula is C17H24O. The van der Waals surface area contributed by atoms with Gasteiger partial charge in [0.2, 0.25) is 0 Å². The van der Waals surface area contributed by atoms with E-state index in [2.05, 4.69) is 53.3 Å². The molecule has 1 nitrogen and oxygen atoms in total. The van der Waals surface area contributed by atoms with Gasteiger partial charge in [0.15, 0.2) is 0 Å². The van der Waals surface area contributed by atoms with Gasteiger partial charge < -0.3 is 0 Å². The molecule has 0 N–H and O–H groups in total. The zero-order valence-electron chi connectivity index (χ0n) is 12.3. The average Bonchev–Trinajstić information content (AvgIpc) is 2.22. The summed E-state index contributed by atoms with van der Waals surface area (Å²) in [5.41, 5.74) is 5.10. The minimum absolute atomic E-state index is 0.152. The van der Waals surface area contributed by atoms with Gasteiger partial charge in [-0.2, -0.15) is 0 Å². The summed E-state index contributed by atoms with van der Waals surface area (Å²) in [6.45, 7) is 14.4. The molecule has 1 aromatic carbocycles. The summed E-state index contributed by atoms with van der Waals surface area (Å²) in [6.07, 6.45) is 2.66. The summed E-state index contributed by atoms with van der Waals surface area (Å²) in [5.74, 6) is 0.236. The minimum atomic E-state index is 0.152. The monoisotopic (exact) mass is 244 g/mol. The lowest BCUT2D eigenvalue weighted by molar-refractivity contribution is -0.117. The standard InChI is InChI=1S/C17H24O/c1-7-8-15(18)11-16-12(2)9-14(10-13(16)3)17(4,5)6/h7,9-10H,1,8,11H2,2-6H3. The molecule has 0 amide bonds. The van der Waals surface area contributed by atoms with Gasteiger partial charge in [-0.15, -0.1) is 6.58 Å². The molecule has 0 aromatic heterocycles. The average molecular weight is 244 g/mol. The lowest BCUT2D eigenvalue weighted by atomic mass is 9.83. The van der Waals surface area contributed by atoms with E-state index in [0.717, 1.165) is 0 Å². The fourth-order valence-electron chi connectivity index (χ4n) is 2.14. The third kappa shape index (κ3) is 3.56. The molecule has 1 aromatic rings. The Morgan fingerprint density at radius 3 is 2.11 bits per heavy atom. The Morgan fingerprint density at radius 1 is 1.22 bits per heavy atom. The second-order valence-corrected chi connectivity index (χ2v) is 6.05. The normalized spacial score (nSPS) is 11.4. The van der Waals surface area contributed by atoms with Crippen molar-refractivity contribution >= 4 is 5.78 Å². The molecule has 0 unspecified atom stereocenters. The van der Waals surface area contributed by atoms with Crippen molar-refractivity contribution in [1.82, 2.24) is 0 Å². The molecule has 0 heterocycles. The Kier molecular flexibility index (Phi) is 4.50. The molecule has 0 spiro atoms. The van der Waals surface area contributed by atoms with Gasteiger partial charge in [-0.1, -0.05) is 39.0 Å². The second kappa shape index (κ2) is 5.51. The number of hydrogen-bond donors (Lipinski definition) is 0.